The Morgan fingerprint density at radius 2 is 2.10 bits per heavy atom. The predicted octanol–water partition coefficient (Wildman–Crippen LogP) is 1.56. The lowest BCUT2D eigenvalue weighted by Crippen LogP contribution is -2.45. The van der Waals surface area contributed by atoms with Gasteiger partial charge in [-0.15, -0.1) is 0 Å². The van der Waals surface area contributed by atoms with Crippen LogP contribution in [-0.4, -0.2) is 50.5 Å². The number of amides is 1. The van der Waals surface area contributed by atoms with Crippen molar-refractivity contribution in [2.24, 2.45) is 0 Å². The van der Waals surface area contributed by atoms with E-state index in [0.717, 1.165) is 0 Å². The fourth-order valence-corrected chi connectivity index (χ4v) is 2.37. The van der Waals surface area contributed by atoms with Crippen molar-refractivity contribution in [2.75, 3.05) is 43.2 Å². The molecule has 1 aromatic rings. The zero-order chi connectivity index (χ0) is 15.4. The van der Waals surface area contributed by atoms with Crippen molar-refractivity contribution in [3.8, 4) is 5.75 Å². The van der Waals surface area contributed by atoms with Gasteiger partial charge in [-0.05, 0) is 19.1 Å². The number of carboxylic acid groups (broad SMARTS) is 1. The summed E-state index contributed by atoms with van der Waals surface area (Å²) in [6, 6.07) is 5.23. The molecule has 7 nitrogen and oxygen atoms in total. The lowest BCUT2D eigenvalue weighted by atomic mass is 10.1. The molecule has 2 rings (SSSR count). The Balaban J connectivity index is 2.36. The van der Waals surface area contributed by atoms with E-state index < -0.39 is 6.09 Å². The largest absolute Gasteiger partial charge is 0.494 e. The lowest BCUT2D eigenvalue weighted by Gasteiger charge is -2.36. The molecule has 21 heavy (non-hydrogen) atoms. The van der Waals surface area contributed by atoms with Gasteiger partial charge in [0.2, 0.25) is 0 Å². The van der Waals surface area contributed by atoms with Gasteiger partial charge in [0.15, 0.2) is 0 Å². The van der Waals surface area contributed by atoms with Crippen LogP contribution in [0.2, 0.25) is 0 Å². The molecule has 114 valence electrons. The molecule has 7 heteroatoms. The number of carbonyl (C=O) groups excluding carboxylic acids is 1. The third-order valence-corrected chi connectivity index (χ3v) is 3.26. The number of hydrogen-bond acceptors (Lipinski definition) is 5. The van der Waals surface area contributed by atoms with E-state index in [4.69, 9.17) is 9.47 Å². The van der Waals surface area contributed by atoms with Gasteiger partial charge in [0, 0.05) is 13.1 Å². The van der Waals surface area contributed by atoms with Crippen molar-refractivity contribution in [2.45, 2.75) is 6.92 Å². The van der Waals surface area contributed by atoms with E-state index >= 15 is 0 Å². The van der Waals surface area contributed by atoms with Crippen LogP contribution in [0.3, 0.4) is 0 Å². The van der Waals surface area contributed by atoms with Gasteiger partial charge < -0.3 is 19.5 Å². The number of para-hydroxylation sites is 1. The van der Waals surface area contributed by atoms with Crippen molar-refractivity contribution in [1.82, 2.24) is 0 Å². The van der Waals surface area contributed by atoms with Crippen LogP contribution in [0.1, 0.15) is 6.92 Å². The zero-order valence-electron chi connectivity index (χ0n) is 12.0. The van der Waals surface area contributed by atoms with E-state index in [9.17, 15) is 14.7 Å². The van der Waals surface area contributed by atoms with E-state index in [-0.39, 0.29) is 19.1 Å². The topological polar surface area (TPSA) is 79.3 Å². The quantitative estimate of drug-likeness (QED) is 0.849. The molecule has 0 saturated heterocycles. The second kappa shape index (κ2) is 6.34. The molecule has 0 unspecified atom stereocenters. The maximum atomic E-state index is 11.7. The van der Waals surface area contributed by atoms with Gasteiger partial charge in [-0.25, -0.2) is 4.79 Å². The molecule has 1 aromatic carbocycles. The van der Waals surface area contributed by atoms with Crippen LogP contribution in [0.25, 0.3) is 0 Å². The van der Waals surface area contributed by atoms with Crippen molar-refractivity contribution in [3.05, 3.63) is 18.2 Å². The Hall–Kier alpha value is -2.44. The Bertz CT molecular complexity index is 546. The van der Waals surface area contributed by atoms with Gasteiger partial charge in [0.05, 0.1) is 19.4 Å². The number of benzene rings is 1. The van der Waals surface area contributed by atoms with E-state index in [2.05, 4.69) is 0 Å². The average molecular weight is 294 g/mol. The molecular weight excluding hydrogens is 276 g/mol. The summed E-state index contributed by atoms with van der Waals surface area (Å²) in [7, 11) is 1.49. The normalized spacial score (nSPS) is 13.6. The van der Waals surface area contributed by atoms with Crippen LogP contribution in [-0.2, 0) is 9.53 Å². The number of ether oxygens (including phenoxy) is 2. The van der Waals surface area contributed by atoms with Crippen LogP contribution in [0, 0.1) is 0 Å². The molecule has 0 spiro atoms. The highest BCUT2D eigenvalue weighted by atomic mass is 16.5. The SMILES string of the molecule is CCOC(=O)CN1CCN(C(=O)O)c2c(OC)cccc21. The molecule has 0 aromatic heterocycles. The summed E-state index contributed by atoms with van der Waals surface area (Å²) < 4.78 is 10.2. The van der Waals surface area contributed by atoms with Crippen molar-refractivity contribution >= 4 is 23.4 Å². The number of esters is 1. The van der Waals surface area contributed by atoms with Crippen LogP contribution >= 0.6 is 0 Å². The van der Waals surface area contributed by atoms with E-state index in [1.54, 1.807) is 30.0 Å². The summed E-state index contributed by atoms with van der Waals surface area (Å²) in [4.78, 5) is 26.1. The fourth-order valence-electron chi connectivity index (χ4n) is 2.37. The van der Waals surface area contributed by atoms with Crippen LogP contribution in [0.15, 0.2) is 18.2 Å². The summed E-state index contributed by atoms with van der Waals surface area (Å²) in [5.41, 5.74) is 1.11. The van der Waals surface area contributed by atoms with Gasteiger partial charge >= 0.3 is 12.1 Å². The third kappa shape index (κ3) is 3.01. The molecule has 0 saturated carbocycles. The lowest BCUT2D eigenvalue weighted by molar-refractivity contribution is -0.141. The number of anilines is 2. The maximum Gasteiger partial charge on any atom is 0.412 e. The molecule has 1 aliphatic rings. The van der Waals surface area contributed by atoms with Crippen molar-refractivity contribution in [1.29, 1.82) is 0 Å². The summed E-state index contributed by atoms with van der Waals surface area (Å²) >= 11 is 0. The van der Waals surface area contributed by atoms with Crippen LogP contribution < -0.4 is 14.5 Å². The first kappa shape index (κ1) is 15.0. The zero-order valence-corrected chi connectivity index (χ0v) is 12.0. The first-order chi connectivity index (χ1) is 10.1. The Labute approximate surface area is 122 Å². The molecule has 1 N–H and O–H groups in total. The van der Waals surface area contributed by atoms with Crippen LogP contribution in [0.4, 0.5) is 16.2 Å². The average Bonchev–Trinajstić information content (AvgIpc) is 2.46. The highest BCUT2D eigenvalue weighted by molar-refractivity contribution is 5.96. The minimum absolute atomic E-state index is 0.0848. The minimum atomic E-state index is -1.04. The minimum Gasteiger partial charge on any atom is -0.494 e. The Morgan fingerprint density at radius 1 is 1.33 bits per heavy atom. The molecule has 1 aliphatic heterocycles. The van der Waals surface area contributed by atoms with E-state index in [0.29, 0.717) is 30.3 Å². The van der Waals surface area contributed by atoms with E-state index in [1.807, 2.05) is 0 Å². The number of methoxy groups -OCH3 is 1. The molecule has 0 radical (unpaired) electrons. The highest BCUT2D eigenvalue weighted by Gasteiger charge is 2.30. The van der Waals surface area contributed by atoms with Crippen molar-refractivity contribution in [3.63, 3.8) is 0 Å². The number of hydrogen-bond donors (Lipinski definition) is 1. The van der Waals surface area contributed by atoms with E-state index in [1.165, 1.54) is 12.0 Å². The first-order valence-corrected chi connectivity index (χ1v) is 6.66. The summed E-state index contributed by atoms with van der Waals surface area (Å²) in [5.74, 6) is 0.124. The predicted molar refractivity (Wildman–Crippen MR) is 77.2 cm³/mol. The molecule has 0 atom stereocenters. The maximum absolute atomic E-state index is 11.7. The van der Waals surface area contributed by atoms with Gasteiger partial charge in [-0.3, -0.25) is 9.69 Å². The smallest absolute Gasteiger partial charge is 0.412 e. The first-order valence-electron chi connectivity index (χ1n) is 6.66. The molecule has 1 amide bonds. The Kier molecular flexibility index (Phi) is 4.52. The monoisotopic (exact) mass is 294 g/mol. The van der Waals surface area contributed by atoms with Gasteiger partial charge in [-0.2, -0.15) is 0 Å². The molecule has 0 aliphatic carbocycles. The number of fused-ring (bicyclic) bond motifs is 1. The molecular formula is C14H18N2O5. The summed E-state index contributed by atoms with van der Waals surface area (Å²) in [6.45, 7) is 2.84. The Morgan fingerprint density at radius 3 is 2.71 bits per heavy atom. The second-order valence-corrected chi connectivity index (χ2v) is 4.49. The van der Waals surface area contributed by atoms with Crippen molar-refractivity contribution < 1.29 is 24.2 Å². The number of carbonyl (C=O) groups is 2. The fraction of sp³-hybridized carbons (Fsp3) is 0.429. The van der Waals surface area contributed by atoms with Gasteiger partial charge in [-0.1, -0.05) is 6.07 Å². The number of rotatable bonds is 4. The molecule has 0 fully saturated rings. The van der Waals surface area contributed by atoms with Gasteiger partial charge in [0.1, 0.15) is 18.0 Å². The third-order valence-electron chi connectivity index (χ3n) is 3.26. The second-order valence-electron chi connectivity index (χ2n) is 4.49. The highest BCUT2D eigenvalue weighted by Crippen LogP contribution is 2.40. The van der Waals surface area contributed by atoms with Gasteiger partial charge in [0.25, 0.3) is 0 Å². The summed E-state index contributed by atoms with van der Waals surface area (Å²) in [6.07, 6.45) is -1.04. The number of nitrogens with zero attached hydrogens (tertiary/aromatic N) is 2. The molecule has 0 bridgehead atoms. The van der Waals surface area contributed by atoms with Crippen LogP contribution in [0.5, 0.6) is 5.75 Å². The standard InChI is InChI=1S/C14H18N2O5/c1-3-21-12(17)9-15-7-8-16(14(18)19)13-10(15)5-4-6-11(13)20-2/h4-6H,3,7-9H2,1-2H3,(H,18,19). The summed E-state index contributed by atoms with van der Waals surface area (Å²) in [5, 5.41) is 9.32. The molecule has 1 heterocycles.